The molecule has 1 heterocycles. The number of anilines is 1. The highest BCUT2D eigenvalue weighted by molar-refractivity contribution is 8.01. The van der Waals surface area contributed by atoms with Crippen LogP contribution in [0.15, 0.2) is 53.4 Å². The number of esters is 1. The maximum Gasteiger partial charge on any atom is 0.414 e. The molecular formula is C27H34ClN3O7S2. The van der Waals surface area contributed by atoms with Gasteiger partial charge in [0.15, 0.2) is 5.78 Å². The van der Waals surface area contributed by atoms with Crippen molar-refractivity contribution in [3.63, 3.8) is 0 Å². The van der Waals surface area contributed by atoms with Crippen molar-refractivity contribution >= 4 is 56.9 Å². The molecule has 0 spiro atoms. The van der Waals surface area contributed by atoms with Gasteiger partial charge in [-0.2, -0.15) is 0 Å². The molecule has 1 saturated heterocycles. The third-order valence-corrected chi connectivity index (χ3v) is 9.67. The summed E-state index contributed by atoms with van der Waals surface area (Å²) in [7, 11) is -1.56. The average Bonchev–Trinajstić information content (AvgIpc) is 3.23. The number of halogens is 1. The van der Waals surface area contributed by atoms with Crippen LogP contribution in [0.5, 0.6) is 5.75 Å². The van der Waals surface area contributed by atoms with Crippen molar-refractivity contribution in [3.05, 3.63) is 53.6 Å². The number of nitrogens with zero attached hydrogens (tertiary/aromatic N) is 2. The van der Waals surface area contributed by atoms with Crippen LogP contribution in [-0.2, 0) is 24.3 Å². The van der Waals surface area contributed by atoms with E-state index in [1.54, 1.807) is 13.8 Å². The highest BCUT2D eigenvalue weighted by Crippen LogP contribution is 2.38. The number of thioether (sulfide) groups is 1. The molecule has 0 aromatic heterocycles. The van der Waals surface area contributed by atoms with Gasteiger partial charge in [0.1, 0.15) is 11.1 Å². The molecule has 10 nitrogen and oxygen atoms in total. The van der Waals surface area contributed by atoms with E-state index in [0.29, 0.717) is 5.75 Å². The lowest BCUT2D eigenvalue weighted by molar-refractivity contribution is -0.156. The van der Waals surface area contributed by atoms with Crippen LogP contribution in [0.25, 0.3) is 0 Å². The summed E-state index contributed by atoms with van der Waals surface area (Å²) in [4.78, 5) is 41.0. The number of hydrogen-bond acceptors (Lipinski definition) is 9. The van der Waals surface area contributed by atoms with Crippen LogP contribution >= 0.6 is 23.4 Å². The van der Waals surface area contributed by atoms with Gasteiger partial charge in [-0.1, -0.05) is 17.7 Å². The van der Waals surface area contributed by atoms with Crippen molar-refractivity contribution < 1.29 is 32.3 Å². The number of benzene rings is 2. The SMILES string of the molecule is CC(C)OC(=O)[C@@](C)(C(=O)[C@H]1NC(C)(C)CS1)N(c1ccc(OC(=O)N(C)C)cc1)S(=O)(=O)c1cccc(Cl)c1. The smallest absolute Gasteiger partial charge is 0.414 e. The maximum absolute atomic E-state index is 14.3. The molecule has 0 unspecified atom stereocenters. The number of rotatable bonds is 9. The topological polar surface area (TPSA) is 122 Å². The van der Waals surface area contributed by atoms with E-state index in [4.69, 9.17) is 21.1 Å². The Kier molecular flexibility index (Phi) is 9.50. The number of sulfonamides is 1. The number of carbonyl (C=O) groups excluding carboxylic acids is 3. The fraction of sp³-hybridized carbons (Fsp3) is 0.444. The summed E-state index contributed by atoms with van der Waals surface area (Å²) >= 11 is 7.41. The molecule has 13 heteroatoms. The van der Waals surface area contributed by atoms with Crippen LogP contribution in [0, 0.1) is 0 Å². The predicted octanol–water partition coefficient (Wildman–Crippen LogP) is 4.32. The molecule has 218 valence electrons. The Labute approximate surface area is 244 Å². The van der Waals surface area contributed by atoms with Gasteiger partial charge in [0.05, 0.1) is 16.7 Å². The molecular weight excluding hydrogens is 578 g/mol. The lowest BCUT2D eigenvalue weighted by Gasteiger charge is -2.40. The van der Waals surface area contributed by atoms with Crippen LogP contribution < -0.4 is 14.4 Å². The summed E-state index contributed by atoms with van der Waals surface area (Å²) in [5.74, 6) is -1.03. The Morgan fingerprint density at radius 1 is 1.12 bits per heavy atom. The molecule has 1 amide bonds. The number of amides is 1. The molecule has 0 aliphatic carbocycles. The van der Waals surface area contributed by atoms with E-state index in [1.165, 1.54) is 86.2 Å². The first-order chi connectivity index (χ1) is 18.5. The zero-order valence-corrected chi connectivity index (χ0v) is 25.8. The van der Waals surface area contributed by atoms with Gasteiger partial charge in [-0.3, -0.25) is 10.1 Å². The van der Waals surface area contributed by atoms with Crippen LogP contribution in [0.2, 0.25) is 5.02 Å². The van der Waals surface area contributed by atoms with Gasteiger partial charge < -0.3 is 14.4 Å². The first kappa shape index (κ1) is 31.7. The highest BCUT2D eigenvalue weighted by Gasteiger charge is 2.57. The number of nitrogens with one attached hydrogen (secondary N) is 1. The summed E-state index contributed by atoms with van der Waals surface area (Å²) in [6, 6.07) is 11.0. The lowest BCUT2D eigenvalue weighted by Crippen LogP contribution is -2.65. The molecule has 2 aromatic carbocycles. The van der Waals surface area contributed by atoms with Gasteiger partial charge in [-0.25, -0.2) is 22.3 Å². The monoisotopic (exact) mass is 611 g/mol. The molecule has 2 atom stereocenters. The standard InChI is InChI=1S/C27H34ClN3O7S2/c1-17(2)37-24(33)27(5,22(32)23-29-26(3,4)16-39-23)31(40(35,36)21-10-8-9-18(28)15-21)19-11-13-20(14-12-19)38-25(34)30(6)7/h8-15,17,23,29H,16H2,1-7H3/t23-,27+/m0/s1. The molecule has 1 N–H and O–H groups in total. The van der Waals surface area contributed by atoms with Crippen molar-refractivity contribution in [1.82, 2.24) is 10.2 Å². The number of carbonyl (C=O) groups is 3. The molecule has 2 aromatic rings. The first-order valence-corrected chi connectivity index (χ1v) is 15.3. The van der Waals surface area contributed by atoms with Gasteiger partial charge in [0, 0.05) is 30.4 Å². The molecule has 0 radical (unpaired) electrons. The minimum atomic E-state index is -4.59. The second-order valence-electron chi connectivity index (χ2n) is 10.6. The highest BCUT2D eigenvalue weighted by atomic mass is 35.5. The van der Waals surface area contributed by atoms with Gasteiger partial charge in [-0.05, 0) is 77.1 Å². The van der Waals surface area contributed by atoms with Crippen LogP contribution in [0.4, 0.5) is 10.5 Å². The van der Waals surface area contributed by atoms with Gasteiger partial charge in [0.25, 0.3) is 10.0 Å². The van der Waals surface area contributed by atoms with Crippen LogP contribution in [-0.4, -0.2) is 73.6 Å². The fourth-order valence-electron chi connectivity index (χ4n) is 3.95. The molecule has 3 rings (SSSR count). The lowest BCUT2D eigenvalue weighted by atomic mass is 9.94. The third kappa shape index (κ3) is 6.73. The van der Waals surface area contributed by atoms with Crippen molar-refractivity contribution in [1.29, 1.82) is 0 Å². The molecule has 0 saturated carbocycles. The van der Waals surface area contributed by atoms with Gasteiger partial charge in [0.2, 0.25) is 5.54 Å². The first-order valence-electron chi connectivity index (χ1n) is 12.4. The van der Waals surface area contributed by atoms with Crippen LogP contribution in [0.1, 0.15) is 34.6 Å². The fourth-order valence-corrected chi connectivity index (χ4v) is 7.44. The summed E-state index contributed by atoms with van der Waals surface area (Å²) in [5.41, 5.74) is -2.79. The largest absolute Gasteiger partial charge is 0.461 e. The van der Waals surface area contributed by atoms with Crippen molar-refractivity contribution in [2.75, 3.05) is 24.2 Å². The Hall–Kier alpha value is -2.80. The molecule has 1 aliphatic rings. The predicted molar refractivity (Wildman–Crippen MR) is 155 cm³/mol. The van der Waals surface area contributed by atoms with Crippen LogP contribution in [0.3, 0.4) is 0 Å². The summed E-state index contributed by atoms with van der Waals surface area (Å²) in [6.07, 6.45) is -1.27. The van der Waals surface area contributed by atoms with Gasteiger partial charge in [-0.15, -0.1) is 11.8 Å². The van der Waals surface area contributed by atoms with Crippen molar-refractivity contribution in [2.24, 2.45) is 0 Å². The summed E-state index contributed by atoms with van der Waals surface area (Å²) < 4.78 is 40.2. The van der Waals surface area contributed by atoms with E-state index >= 15 is 0 Å². The minimum Gasteiger partial charge on any atom is -0.461 e. The van der Waals surface area contributed by atoms with E-state index in [1.807, 2.05) is 13.8 Å². The Morgan fingerprint density at radius 3 is 2.25 bits per heavy atom. The zero-order chi connectivity index (χ0) is 30.0. The summed E-state index contributed by atoms with van der Waals surface area (Å²) in [6.45, 7) is 8.28. The van der Waals surface area contributed by atoms with E-state index in [0.717, 1.165) is 4.31 Å². The number of Topliss-reactive ketones (excluding diaryl/α,β-unsaturated/α-hetero) is 1. The zero-order valence-electron chi connectivity index (χ0n) is 23.4. The quantitative estimate of drug-likeness (QED) is 0.326. The van der Waals surface area contributed by atoms with E-state index in [-0.39, 0.29) is 21.4 Å². The Morgan fingerprint density at radius 2 is 1.75 bits per heavy atom. The van der Waals surface area contributed by atoms with E-state index < -0.39 is 50.4 Å². The summed E-state index contributed by atoms with van der Waals surface area (Å²) in [5, 5.41) is 2.45. The maximum atomic E-state index is 14.3. The second kappa shape index (κ2) is 12.0. The van der Waals surface area contributed by atoms with Crippen molar-refractivity contribution in [3.8, 4) is 5.75 Å². The number of hydrogen-bond donors (Lipinski definition) is 1. The molecule has 1 aliphatic heterocycles. The molecule has 0 bridgehead atoms. The second-order valence-corrected chi connectivity index (χ2v) is 13.9. The Bertz CT molecular complexity index is 1380. The Balaban J connectivity index is 2.25. The number of ether oxygens (including phenoxy) is 2. The normalized spacial score (nSPS) is 18.1. The number of ketones is 1. The average molecular weight is 612 g/mol. The third-order valence-electron chi connectivity index (χ3n) is 5.97. The van der Waals surface area contributed by atoms with Gasteiger partial charge >= 0.3 is 12.1 Å². The van der Waals surface area contributed by atoms with E-state index in [2.05, 4.69) is 5.32 Å². The van der Waals surface area contributed by atoms with E-state index in [9.17, 15) is 22.8 Å². The molecule has 1 fully saturated rings. The minimum absolute atomic E-state index is 0.0246. The molecule has 40 heavy (non-hydrogen) atoms. The van der Waals surface area contributed by atoms with Crippen molar-refractivity contribution in [2.45, 2.75) is 62.1 Å².